The molecule has 1 aromatic carbocycles. The van der Waals surface area contributed by atoms with E-state index in [4.69, 9.17) is 5.73 Å². The molecule has 1 nitrogen and oxygen atoms in total. The maximum Gasteiger partial charge on any atom is 0.416 e. The summed E-state index contributed by atoms with van der Waals surface area (Å²) in [5, 5.41) is 0. The summed E-state index contributed by atoms with van der Waals surface area (Å²) in [4.78, 5) is 0. The first-order chi connectivity index (χ1) is 7.84. The van der Waals surface area contributed by atoms with Crippen molar-refractivity contribution in [1.82, 2.24) is 0 Å². The third-order valence-corrected chi connectivity index (χ3v) is 2.36. The first-order valence-electron chi connectivity index (χ1n) is 5.08. The Labute approximate surface area is 96.9 Å². The molecule has 1 aromatic rings. The summed E-state index contributed by atoms with van der Waals surface area (Å²) < 4.78 is 50.4. The van der Waals surface area contributed by atoms with Crippen LogP contribution in [-0.4, -0.2) is 0 Å². The van der Waals surface area contributed by atoms with Crippen molar-refractivity contribution in [1.29, 1.82) is 0 Å². The Morgan fingerprint density at radius 1 is 1.29 bits per heavy atom. The number of alkyl halides is 3. The first kappa shape index (κ1) is 13.7. The molecule has 0 aliphatic heterocycles. The Morgan fingerprint density at radius 2 is 1.94 bits per heavy atom. The zero-order valence-electron chi connectivity index (χ0n) is 9.10. The van der Waals surface area contributed by atoms with Crippen molar-refractivity contribution in [3.05, 3.63) is 47.8 Å². The van der Waals surface area contributed by atoms with E-state index in [2.05, 4.69) is 6.58 Å². The number of benzene rings is 1. The lowest BCUT2D eigenvalue weighted by atomic mass is 10.0. The molecule has 1 rings (SSSR count). The fraction of sp³-hybridized carbons (Fsp3) is 0.333. The lowest BCUT2D eigenvalue weighted by molar-refractivity contribution is -0.137. The lowest BCUT2D eigenvalue weighted by Gasteiger charge is -2.14. The average Bonchev–Trinajstić information content (AvgIpc) is 2.23. The van der Waals surface area contributed by atoms with E-state index in [9.17, 15) is 17.6 Å². The number of hydrogen-bond acceptors (Lipinski definition) is 1. The van der Waals surface area contributed by atoms with Crippen LogP contribution in [0.5, 0.6) is 0 Å². The van der Waals surface area contributed by atoms with E-state index in [1.165, 1.54) is 0 Å². The van der Waals surface area contributed by atoms with E-state index < -0.39 is 23.6 Å². The molecule has 2 N–H and O–H groups in total. The molecular formula is C12H13F4N. The molecule has 0 unspecified atom stereocenters. The van der Waals surface area contributed by atoms with Crippen molar-refractivity contribution in [2.24, 2.45) is 5.73 Å². The quantitative estimate of drug-likeness (QED) is 0.635. The highest BCUT2D eigenvalue weighted by molar-refractivity contribution is 5.28. The molecule has 0 aromatic heterocycles. The van der Waals surface area contributed by atoms with Crippen LogP contribution in [0.3, 0.4) is 0 Å². The van der Waals surface area contributed by atoms with Gasteiger partial charge >= 0.3 is 6.18 Å². The number of nitrogens with two attached hydrogens (primary N) is 1. The van der Waals surface area contributed by atoms with E-state index in [1.54, 1.807) is 6.08 Å². The molecule has 0 fully saturated rings. The van der Waals surface area contributed by atoms with Gasteiger partial charge in [-0.3, -0.25) is 0 Å². The van der Waals surface area contributed by atoms with Gasteiger partial charge in [0.2, 0.25) is 0 Å². The van der Waals surface area contributed by atoms with E-state index in [1.807, 2.05) is 0 Å². The Kier molecular flexibility index (Phi) is 4.28. The first-order valence-corrected chi connectivity index (χ1v) is 5.08. The summed E-state index contributed by atoms with van der Waals surface area (Å²) in [7, 11) is 0. The van der Waals surface area contributed by atoms with Gasteiger partial charge in [0.1, 0.15) is 5.82 Å². The summed E-state index contributed by atoms with van der Waals surface area (Å²) in [6.45, 7) is 3.49. The Morgan fingerprint density at radius 3 is 2.47 bits per heavy atom. The van der Waals surface area contributed by atoms with Crippen LogP contribution >= 0.6 is 0 Å². The van der Waals surface area contributed by atoms with Crippen LogP contribution in [0.15, 0.2) is 30.9 Å². The van der Waals surface area contributed by atoms with Crippen molar-refractivity contribution in [3.8, 4) is 0 Å². The fourth-order valence-electron chi connectivity index (χ4n) is 1.45. The van der Waals surface area contributed by atoms with Gasteiger partial charge in [-0.1, -0.05) is 6.08 Å². The number of hydrogen-bond donors (Lipinski definition) is 1. The Bertz CT molecular complexity index is 398. The van der Waals surface area contributed by atoms with E-state index in [0.717, 1.165) is 12.1 Å². The molecule has 94 valence electrons. The van der Waals surface area contributed by atoms with E-state index in [0.29, 0.717) is 18.9 Å². The summed E-state index contributed by atoms with van der Waals surface area (Å²) >= 11 is 0. The molecule has 0 heterocycles. The zero-order chi connectivity index (χ0) is 13.1. The molecule has 5 heteroatoms. The van der Waals surface area contributed by atoms with Gasteiger partial charge in [-0.15, -0.1) is 6.58 Å². The Hall–Kier alpha value is -1.36. The molecular weight excluding hydrogens is 234 g/mol. The largest absolute Gasteiger partial charge is 0.416 e. The maximum absolute atomic E-state index is 13.1. The standard InChI is InChI=1S/C12H13F4N/c1-2-3-4-11(17)8-5-9(12(14,15)16)7-10(13)6-8/h2,5-7,11H,1,3-4,17H2/t11-/m1/s1. The van der Waals surface area contributed by atoms with Gasteiger partial charge in [0, 0.05) is 6.04 Å². The number of rotatable bonds is 4. The minimum Gasteiger partial charge on any atom is -0.324 e. The van der Waals surface area contributed by atoms with Crippen LogP contribution in [0.2, 0.25) is 0 Å². The summed E-state index contributed by atoms with van der Waals surface area (Å²) in [6, 6.07) is 1.76. The zero-order valence-corrected chi connectivity index (χ0v) is 9.10. The maximum atomic E-state index is 13.1. The SMILES string of the molecule is C=CCC[C@@H](N)c1cc(F)cc(C(F)(F)F)c1. The van der Waals surface area contributed by atoms with E-state index in [-0.39, 0.29) is 5.56 Å². The summed E-state index contributed by atoms with van der Waals surface area (Å²) in [5.74, 6) is -0.927. The average molecular weight is 247 g/mol. The normalized spacial score (nSPS) is 13.5. The molecule has 0 spiro atoms. The topological polar surface area (TPSA) is 26.0 Å². The molecule has 0 bridgehead atoms. The van der Waals surface area contributed by atoms with Gasteiger partial charge in [0.05, 0.1) is 5.56 Å². The van der Waals surface area contributed by atoms with Crippen molar-refractivity contribution >= 4 is 0 Å². The van der Waals surface area contributed by atoms with Gasteiger partial charge in [0.15, 0.2) is 0 Å². The number of halogens is 4. The van der Waals surface area contributed by atoms with Crippen LogP contribution in [0.4, 0.5) is 17.6 Å². The predicted octanol–water partition coefficient (Wildman–Crippen LogP) is 3.81. The Balaban J connectivity index is 3.00. The third kappa shape index (κ3) is 3.85. The molecule has 0 saturated heterocycles. The van der Waals surface area contributed by atoms with Crippen molar-refractivity contribution in [2.75, 3.05) is 0 Å². The van der Waals surface area contributed by atoms with Crippen molar-refractivity contribution in [3.63, 3.8) is 0 Å². The second kappa shape index (κ2) is 5.31. The lowest BCUT2D eigenvalue weighted by Crippen LogP contribution is -2.13. The highest BCUT2D eigenvalue weighted by Crippen LogP contribution is 2.32. The van der Waals surface area contributed by atoms with Crippen LogP contribution < -0.4 is 5.73 Å². The van der Waals surface area contributed by atoms with Crippen molar-refractivity contribution in [2.45, 2.75) is 25.1 Å². The second-order valence-corrected chi connectivity index (χ2v) is 3.74. The van der Waals surface area contributed by atoms with Crippen molar-refractivity contribution < 1.29 is 17.6 Å². The van der Waals surface area contributed by atoms with Gasteiger partial charge in [0.25, 0.3) is 0 Å². The highest BCUT2D eigenvalue weighted by Gasteiger charge is 2.31. The molecule has 0 saturated carbocycles. The summed E-state index contributed by atoms with van der Waals surface area (Å²) in [6.07, 6.45) is -1.94. The van der Waals surface area contributed by atoms with Crippen LogP contribution in [0.1, 0.15) is 30.0 Å². The summed E-state index contributed by atoms with van der Waals surface area (Å²) in [5.41, 5.74) is 4.82. The molecule has 0 amide bonds. The minimum atomic E-state index is -4.56. The third-order valence-electron chi connectivity index (χ3n) is 2.36. The van der Waals surface area contributed by atoms with Gasteiger partial charge < -0.3 is 5.73 Å². The van der Waals surface area contributed by atoms with E-state index >= 15 is 0 Å². The smallest absolute Gasteiger partial charge is 0.324 e. The molecule has 0 aliphatic carbocycles. The van der Waals surface area contributed by atoms with Gasteiger partial charge in [-0.05, 0) is 36.6 Å². The molecule has 0 radical (unpaired) electrons. The molecule has 0 aliphatic rings. The van der Waals surface area contributed by atoms with Crippen LogP contribution in [-0.2, 0) is 6.18 Å². The second-order valence-electron chi connectivity index (χ2n) is 3.74. The highest BCUT2D eigenvalue weighted by atomic mass is 19.4. The minimum absolute atomic E-state index is 0.152. The molecule has 17 heavy (non-hydrogen) atoms. The van der Waals surface area contributed by atoms with Crippen LogP contribution in [0.25, 0.3) is 0 Å². The van der Waals surface area contributed by atoms with Crippen LogP contribution in [0, 0.1) is 5.82 Å². The number of allylic oxidation sites excluding steroid dienone is 1. The van der Waals surface area contributed by atoms with Gasteiger partial charge in [-0.2, -0.15) is 13.2 Å². The predicted molar refractivity (Wildman–Crippen MR) is 57.8 cm³/mol. The monoisotopic (exact) mass is 247 g/mol. The molecule has 1 atom stereocenters. The fourth-order valence-corrected chi connectivity index (χ4v) is 1.45. The van der Waals surface area contributed by atoms with Gasteiger partial charge in [-0.25, -0.2) is 4.39 Å².